The molecule has 1 unspecified atom stereocenters. The lowest BCUT2D eigenvalue weighted by atomic mass is 10.0. The molecule has 0 amide bonds. The molecular weight excluding hydrogens is 310 g/mol. The lowest BCUT2D eigenvalue weighted by molar-refractivity contribution is 0.441. The van der Waals surface area contributed by atoms with Gasteiger partial charge in [-0.05, 0) is 42.9 Å². The van der Waals surface area contributed by atoms with E-state index < -0.39 is 0 Å². The second-order valence-corrected chi connectivity index (χ2v) is 6.58. The van der Waals surface area contributed by atoms with Crippen molar-refractivity contribution in [2.45, 2.75) is 26.2 Å². The van der Waals surface area contributed by atoms with Crippen molar-refractivity contribution in [1.29, 1.82) is 0 Å². The molecule has 6 heteroatoms. The Morgan fingerprint density at radius 2 is 2.30 bits per heavy atom. The Balaban J connectivity index is 1.57. The number of rotatable bonds is 5. The van der Waals surface area contributed by atoms with E-state index in [4.69, 9.17) is 11.6 Å². The highest BCUT2D eigenvalue weighted by molar-refractivity contribution is 6.30. The number of halogens is 1. The van der Waals surface area contributed by atoms with Crippen LogP contribution in [0, 0.1) is 5.92 Å². The first kappa shape index (κ1) is 16.0. The molecule has 23 heavy (non-hydrogen) atoms. The van der Waals surface area contributed by atoms with Gasteiger partial charge in [-0.25, -0.2) is 0 Å². The summed E-state index contributed by atoms with van der Waals surface area (Å²) in [6, 6.07) is 7.92. The number of piperidine rings is 1. The minimum atomic E-state index is 0.687. The van der Waals surface area contributed by atoms with Crippen LogP contribution in [-0.4, -0.2) is 34.8 Å². The highest BCUT2D eigenvalue weighted by atomic mass is 35.5. The third-order valence-corrected chi connectivity index (χ3v) is 4.33. The fraction of sp³-hybridized carbons (Fsp3) is 0.471. The lowest BCUT2D eigenvalue weighted by Crippen LogP contribution is -2.35. The molecule has 1 fully saturated rings. The number of aromatic nitrogens is 3. The van der Waals surface area contributed by atoms with Gasteiger partial charge in [0.15, 0.2) is 5.82 Å². The van der Waals surface area contributed by atoms with Crippen molar-refractivity contribution < 1.29 is 0 Å². The lowest BCUT2D eigenvalue weighted by Gasteiger charge is -2.30. The third-order valence-electron chi connectivity index (χ3n) is 4.10. The normalized spacial score (nSPS) is 18.0. The second kappa shape index (κ2) is 7.59. The van der Waals surface area contributed by atoms with Crippen LogP contribution in [0.2, 0.25) is 5.02 Å². The number of anilines is 2. The highest BCUT2D eigenvalue weighted by Gasteiger charge is 2.19. The van der Waals surface area contributed by atoms with Crippen LogP contribution in [0.3, 0.4) is 0 Å². The Hall–Kier alpha value is -1.88. The van der Waals surface area contributed by atoms with Gasteiger partial charge in [-0.1, -0.05) is 30.7 Å². The molecule has 1 aromatic heterocycles. The first-order valence-electron chi connectivity index (χ1n) is 8.14. The summed E-state index contributed by atoms with van der Waals surface area (Å²) < 4.78 is 0. The van der Waals surface area contributed by atoms with Gasteiger partial charge in [-0.2, -0.15) is 10.1 Å². The average molecular weight is 332 g/mol. The van der Waals surface area contributed by atoms with E-state index in [1.54, 1.807) is 6.20 Å². The molecule has 1 aromatic carbocycles. The van der Waals surface area contributed by atoms with Crippen LogP contribution in [-0.2, 0) is 6.42 Å². The minimum Gasteiger partial charge on any atom is -0.368 e. The second-order valence-electron chi connectivity index (χ2n) is 6.14. The summed E-state index contributed by atoms with van der Waals surface area (Å²) in [6.45, 7) is 5.08. The van der Waals surface area contributed by atoms with Gasteiger partial charge in [0.25, 0.3) is 0 Å². The summed E-state index contributed by atoms with van der Waals surface area (Å²) in [4.78, 5) is 6.82. The van der Waals surface area contributed by atoms with Crippen LogP contribution in [0.5, 0.6) is 0 Å². The van der Waals surface area contributed by atoms with E-state index >= 15 is 0 Å². The van der Waals surface area contributed by atoms with E-state index in [2.05, 4.69) is 38.4 Å². The van der Waals surface area contributed by atoms with Crippen LogP contribution in [0.4, 0.5) is 11.8 Å². The zero-order chi connectivity index (χ0) is 16.1. The van der Waals surface area contributed by atoms with Crippen molar-refractivity contribution in [3.63, 3.8) is 0 Å². The van der Waals surface area contributed by atoms with Gasteiger partial charge in [-0.15, -0.1) is 5.10 Å². The molecule has 1 aliphatic heterocycles. The molecular formula is C17H22ClN5. The van der Waals surface area contributed by atoms with E-state index in [-0.39, 0.29) is 0 Å². The van der Waals surface area contributed by atoms with Crippen molar-refractivity contribution in [2.75, 3.05) is 29.9 Å². The van der Waals surface area contributed by atoms with Crippen LogP contribution in [0.15, 0.2) is 30.5 Å². The Morgan fingerprint density at radius 3 is 3.13 bits per heavy atom. The Labute approximate surface area is 142 Å². The summed E-state index contributed by atoms with van der Waals surface area (Å²) >= 11 is 6.00. The maximum absolute atomic E-state index is 6.00. The molecule has 0 saturated carbocycles. The predicted molar refractivity (Wildman–Crippen MR) is 94.1 cm³/mol. The van der Waals surface area contributed by atoms with Gasteiger partial charge >= 0.3 is 0 Å². The zero-order valence-electron chi connectivity index (χ0n) is 13.4. The molecule has 1 N–H and O–H groups in total. The predicted octanol–water partition coefficient (Wildman–Crippen LogP) is 3.42. The van der Waals surface area contributed by atoms with Crippen molar-refractivity contribution >= 4 is 23.4 Å². The molecule has 2 heterocycles. The van der Waals surface area contributed by atoms with Gasteiger partial charge in [0.1, 0.15) is 0 Å². The molecule has 0 spiro atoms. The maximum atomic E-state index is 6.00. The van der Waals surface area contributed by atoms with Gasteiger partial charge in [0.2, 0.25) is 5.95 Å². The maximum Gasteiger partial charge on any atom is 0.247 e. The van der Waals surface area contributed by atoms with Gasteiger partial charge in [0.05, 0.1) is 6.20 Å². The van der Waals surface area contributed by atoms with Crippen molar-refractivity contribution in [3.8, 4) is 0 Å². The van der Waals surface area contributed by atoms with E-state index in [1.165, 1.54) is 18.4 Å². The molecule has 0 aliphatic carbocycles. The van der Waals surface area contributed by atoms with Gasteiger partial charge in [-0.3, -0.25) is 0 Å². The fourth-order valence-electron chi connectivity index (χ4n) is 2.91. The highest BCUT2D eigenvalue weighted by Crippen LogP contribution is 2.20. The molecule has 0 bridgehead atoms. The van der Waals surface area contributed by atoms with Crippen LogP contribution < -0.4 is 10.2 Å². The molecule has 3 rings (SSSR count). The smallest absolute Gasteiger partial charge is 0.247 e. The van der Waals surface area contributed by atoms with E-state index in [9.17, 15) is 0 Å². The quantitative estimate of drug-likeness (QED) is 0.909. The summed E-state index contributed by atoms with van der Waals surface area (Å²) in [5.41, 5.74) is 1.21. The first-order chi connectivity index (χ1) is 11.2. The number of hydrogen-bond donors (Lipinski definition) is 1. The molecule has 1 saturated heterocycles. The van der Waals surface area contributed by atoms with Gasteiger partial charge < -0.3 is 10.2 Å². The van der Waals surface area contributed by atoms with Crippen LogP contribution >= 0.6 is 11.6 Å². The SMILES string of the molecule is CC1CCCN(c2nncc(NCCc3cccc(Cl)c3)n2)C1. The average Bonchev–Trinajstić information content (AvgIpc) is 2.55. The number of nitrogens with one attached hydrogen (secondary N) is 1. The molecule has 0 radical (unpaired) electrons. The topological polar surface area (TPSA) is 53.9 Å². The number of nitrogens with zero attached hydrogens (tertiary/aromatic N) is 4. The van der Waals surface area contributed by atoms with Crippen LogP contribution in [0.1, 0.15) is 25.3 Å². The Kier molecular flexibility index (Phi) is 5.28. The van der Waals surface area contributed by atoms with Crippen molar-refractivity contribution in [1.82, 2.24) is 15.2 Å². The van der Waals surface area contributed by atoms with Crippen LogP contribution in [0.25, 0.3) is 0 Å². The third kappa shape index (κ3) is 4.55. The molecule has 5 nitrogen and oxygen atoms in total. The van der Waals surface area contributed by atoms with Gasteiger partial charge in [0, 0.05) is 24.7 Å². The molecule has 2 aromatic rings. The largest absolute Gasteiger partial charge is 0.368 e. The summed E-state index contributed by atoms with van der Waals surface area (Å²) in [5.74, 6) is 2.19. The summed E-state index contributed by atoms with van der Waals surface area (Å²) in [5, 5.41) is 12.4. The monoisotopic (exact) mass is 331 g/mol. The van der Waals surface area contributed by atoms with E-state index in [1.807, 2.05) is 18.2 Å². The molecule has 1 aliphatic rings. The molecule has 122 valence electrons. The van der Waals surface area contributed by atoms with Crippen molar-refractivity contribution in [3.05, 3.63) is 41.0 Å². The Bertz CT molecular complexity index is 648. The first-order valence-corrected chi connectivity index (χ1v) is 8.51. The molecule has 1 atom stereocenters. The standard InChI is InChI=1S/C17H22ClN5/c1-13-4-3-9-23(12-13)17-21-16(11-20-22-17)19-8-7-14-5-2-6-15(18)10-14/h2,5-6,10-11,13H,3-4,7-9,12H2,1H3,(H,19,21,22). The summed E-state index contributed by atoms with van der Waals surface area (Å²) in [7, 11) is 0. The summed E-state index contributed by atoms with van der Waals surface area (Å²) in [6.07, 6.45) is 5.04. The minimum absolute atomic E-state index is 0.687. The number of benzene rings is 1. The van der Waals surface area contributed by atoms with Crippen molar-refractivity contribution in [2.24, 2.45) is 5.92 Å². The van der Waals surface area contributed by atoms with E-state index in [0.29, 0.717) is 5.92 Å². The number of hydrogen-bond acceptors (Lipinski definition) is 5. The zero-order valence-corrected chi connectivity index (χ0v) is 14.1. The Morgan fingerprint density at radius 1 is 1.39 bits per heavy atom. The fourth-order valence-corrected chi connectivity index (χ4v) is 3.12. The van der Waals surface area contributed by atoms with E-state index in [0.717, 1.165) is 42.8 Å².